The van der Waals surface area contributed by atoms with Gasteiger partial charge in [-0.15, -0.1) is 0 Å². The van der Waals surface area contributed by atoms with E-state index < -0.39 is 0 Å². The fourth-order valence-corrected chi connectivity index (χ4v) is 3.19. The Balaban J connectivity index is 2.13. The zero-order chi connectivity index (χ0) is 12.4. The maximum Gasteiger partial charge on any atom is 0.0348 e. The Kier molecular flexibility index (Phi) is 4.13. The third-order valence-electron chi connectivity index (χ3n) is 3.97. The Morgan fingerprint density at radius 1 is 1.24 bits per heavy atom. The van der Waals surface area contributed by atoms with Gasteiger partial charge in [0.15, 0.2) is 0 Å². The van der Waals surface area contributed by atoms with Crippen LogP contribution in [0.1, 0.15) is 43.7 Å². The van der Waals surface area contributed by atoms with Gasteiger partial charge in [-0.25, -0.2) is 0 Å². The molecule has 0 aliphatic heterocycles. The number of aryl methyl sites for hydroxylation is 2. The molecule has 1 saturated carbocycles. The minimum absolute atomic E-state index is 0.681. The van der Waals surface area contributed by atoms with Crippen molar-refractivity contribution in [3.8, 4) is 0 Å². The first kappa shape index (κ1) is 12.9. The number of nitrogens with one attached hydrogen (secondary N) is 1. The molecule has 2 heteroatoms. The van der Waals surface area contributed by atoms with E-state index in [4.69, 9.17) is 0 Å². The average molecular weight is 296 g/mol. The highest BCUT2D eigenvalue weighted by Gasteiger charge is 2.25. The molecule has 0 spiro atoms. The highest BCUT2D eigenvalue weighted by molar-refractivity contribution is 9.10. The van der Waals surface area contributed by atoms with Gasteiger partial charge in [-0.05, 0) is 55.9 Å². The van der Waals surface area contributed by atoms with Gasteiger partial charge < -0.3 is 5.32 Å². The number of rotatable bonds is 3. The third kappa shape index (κ3) is 2.85. The van der Waals surface area contributed by atoms with Crippen LogP contribution in [0.15, 0.2) is 16.6 Å². The molecule has 2 unspecified atom stereocenters. The predicted molar refractivity (Wildman–Crippen MR) is 78.7 cm³/mol. The molecule has 0 saturated heterocycles. The lowest BCUT2D eigenvalue weighted by Gasteiger charge is -2.21. The van der Waals surface area contributed by atoms with Crippen LogP contribution in [0.3, 0.4) is 0 Å². The Bertz CT molecular complexity index is 377. The molecular weight excluding hydrogens is 274 g/mol. The number of anilines is 1. The van der Waals surface area contributed by atoms with Crippen LogP contribution < -0.4 is 5.32 Å². The predicted octanol–water partition coefficient (Wildman–Crippen LogP) is 5.06. The monoisotopic (exact) mass is 295 g/mol. The van der Waals surface area contributed by atoms with Crippen molar-refractivity contribution in [2.24, 2.45) is 5.92 Å². The van der Waals surface area contributed by atoms with E-state index in [1.54, 1.807) is 0 Å². The molecule has 1 aliphatic rings. The number of hydrogen-bond acceptors (Lipinski definition) is 1. The maximum atomic E-state index is 3.73. The highest BCUT2D eigenvalue weighted by atomic mass is 79.9. The lowest BCUT2D eigenvalue weighted by Crippen LogP contribution is -2.23. The van der Waals surface area contributed by atoms with Gasteiger partial charge in [-0.3, -0.25) is 0 Å². The van der Waals surface area contributed by atoms with Crippen molar-refractivity contribution >= 4 is 21.6 Å². The first-order valence-electron chi connectivity index (χ1n) is 6.65. The summed E-state index contributed by atoms with van der Waals surface area (Å²) in [7, 11) is 0. The second-order valence-corrected chi connectivity index (χ2v) is 6.07. The van der Waals surface area contributed by atoms with E-state index in [2.05, 4.69) is 54.2 Å². The van der Waals surface area contributed by atoms with Crippen molar-refractivity contribution in [1.29, 1.82) is 0 Å². The Hall–Kier alpha value is -0.500. The molecule has 0 radical (unpaired) electrons. The topological polar surface area (TPSA) is 12.0 Å². The van der Waals surface area contributed by atoms with E-state index in [9.17, 15) is 0 Å². The first-order chi connectivity index (χ1) is 8.11. The number of benzene rings is 1. The fraction of sp³-hybridized carbons (Fsp3) is 0.600. The summed E-state index contributed by atoms with van der Waals surface area (Å²) < 4.78 is 1.24. The van der Waals surface area contributed by atoms with Crippen molar-refractivity contribution < 1.29 is 0 Å². The van der Waals surface area contributed by atoms with Crippen LogP contribution in [0.2, 0.25) is 0 Å². The van der Waals surface area contributed by atoms with E-state index in [0.29, 0.717) is 6.04 Å². The number of halogens is 1. The molecule has 1 aromatic rings. The average Bonchev–Trinajstić information content (AvgIpc) is 2.73. The van der Waals surface area contributed by atoms with E-state index >= 15 is 0 Å². The smallest absolute Gasteiger partial charge is 0.0348 e. The molecular formula is C15H22BrN. The lowest BCUT2D eigenvalue weighted by atomic mass is 10.00. The minimum Gasteiger partial charge on any atom is -0.382 e. The van der Waals surface area contributed by atoms with Crippen molar-refractivity contribution in [2.75, 3.05) is 5.32 Å². The molecule has 1 aromatic carbocycles. The molecule has 0 amide bonds. The summed E-state index contributed by atoms with van der Waals surface area (Å²) in [6, 6.07) is 5.18. The van der Waals surface area contributed by atoms with Crippen molar-refractivity contribution in [3.05, 3.63) is 27.7 Å². The first-order valence-corrected chi connectivity index (χ1v) is 7.44. The Morgan fingerprint density at radius 3 is 2.47 bits per heavy atom. The zero-order valence-electron chi connectivity index (χ0n) is 11.0. The summed E-state index contributed by atoms with van der Waals surface area (Å²) in [4.78, 5) is 0. The summed E-state index contributed by atoms with van der Waals surface area (Å²) in [6.45, 7) is 6.63. The van der Waals surface area contributed by atoms with Gasteiger partial charge in [0.2, 0.25) is 0 Å². The summed E-state index contributed by atoms with van der Waals surface area (Å²) in [5, 5.41) is 3.73. The minimum atomic E-state index is 0.681. The molecule has 2 rings (SSSR count). The quantitative estimate of drug-likeness (QED) is 0.822. The van der Waals surface area contributed by atoms with Crippen LogP contribution >= 0.6 is 15.9 Å². The molecule has 94 valence electrons. The molecule has 17 heavy (non-hydrogen) atoms. The van der Waals surface area contributed by atoms with Gasteiger partial charge in [-0.2, -0.15) is 0 Å². The lowest BCUT2D eigenvalue weighted by molar-refractivity contribution is 0.489. The molecule has 1 N–H and O–H groups in total. The molecule has 0 bridgehead atoms. The summed E-state index contributed by atoms with van der Waals surface area (Å²) in [5.74, 6) is 0.860. The van der Waals surface area contributed by atoms with Crippen LogP contribution in [0.4, 0.5) is 5.69 Å². The molecule has 2 atom stereocenters. The second-order valence-electron chi connectivity index (χ2n) is 5.27. The van der Waals surface area contributed by atoms with Crippen molar-refractivity contribution in [2.45, 2.75) is 52.5 Å². The van der Waals surface area contributed by atoms with Crippen LogP contribution in [0, 0.1) is 19.8 Å². The molecule has 1 nitrogen and oxygen atoms in total. The Labute approximate surface area is 113 Å². The van der Waals surface area contributed by atoms with Crippen LogP contribution in [-0.4, -0.2) is 6.04 Å². The van der Waals surface area contributed by atoms with Gasteiger partial charge in [0.25, 0.3) is 0 Å². The van der Waals surface area contributed by atoms with Gasteiger partial charge in [0, 0.05) is 16.2 Å². The third-order valence-corrected chi connectivity index (χ3v) is 5.22. The van der Waals surface area contributed by atoms with Gasteiger partial charge in [0.1, 0.15) is 0 Å². The summed E-state index contributed by atoms with van der Waals surface area (Å²) in [6.07, 6.45) is 5.39. The second kappa shape index (κ2) is 5.43. The summed E-state index contributed by atoms with van der Waals surface area (Å²) >= 11 is 3.62. The molecule has 0 heterocycles. The van der Waals surface area contributed by atoms with Crippen molar-refractivity contribution in [1.82, 2.24) is 0 Å². The Morgan fingerprint density at radius 2 is 1.88 bits per heavy atom. The maximum absolute atomic E-state index is 3.73. The fourth-order valence-electron chi connectivity index (χ4n) is 2.96. The van der Waals surface area contributed by atoms with Crippen LogP contribution in [0.5, 0.6) is 0 Å². The number of hydrogen-bond donors (Lipinski definition) is 1. The molecule has 1 aliphatic carbocycles. The van der Waals surface area contributed by atoms with E-state index in [0.717, 1.165) is 5.92 Å². The van der Waals surface area contributed by atoms with E-state index in [-0.39, 0.29) is 0 Å². The highest BCUT2D eigenvalue weighted by Crippen LogP contribution is 2.32. The SMILES string of the molecule is CCC1CCCC1Nc1cc(C)c(Br)c(C)c1. The molecule has 0 aromatic heterocycles. The largest absolute Gasteiger partial charge is 0.382 e. The van der Waals surface area contributed by atoms with E-state index in [1.807, 2.05) is 0 Å². The zero-order valence-corrected chi connectivity index (χ0v) is 12.6. The van der Waals surface area contributed by atoms with Crippen LogP contribution in [0.25, 0.3) is 0 Å². The van der Waals surface area contributed by atoms with Crippen molar-refractivity contribution in [3.63, 3.8) is 0 Å². The van der Waals surface area contributed by atoms with Gasteiger partial charge in [-0.1, -0.05) is 35.7 Å². The van der Waals surface area contributed by atoms with Crippen LogP contribution in [-0.2, 0) is 0 Å². The van der Waals surface area contributed by atoms with E-state index in [1.165, 1.54) is 47.0 Å². The van der Waals surface area contributed by atoms with Gasteiger partial charge in [0.05, 0.1) is 0 Å². The summed E-state index contributed by atoms with van der Waals surface area (Å²) in [5.41, 5.74) is 3.92. The standard InChI is InChI=1S/C15H22BrN/c1-4-12-6-5-7-14(12)17-13-8-10(2)15(16)11(3)9-13/h8-9,12,14,17H,4-7H2,1-3H3. The van der Waals surface area contributed by atoms with Gasteiger partial charge >= 0.3 is 0 Å². The normalized spacial score (nSPS) is 24.0. The molecule has 1 fully saturated rings.